The van der Waals surface area contributed by atoms with Crippen molar-refractivity contribution in [3.8, 4) is 5.75 Å². The van der Waals surface area contributed by atoms with Crippen LogP contribution in [0.5, 0.6) is 5.75 Å². The summed E-state index contributed by atoms with van der Waals surface area (Å²) in [5.74, 6) is 0.882. The molecule has 18 heavy (non-hydrogen) atoms. The summed E-state index contributed by atoms with van der Waals surface area (Å²) in [6.07, 6.45) is 4.33. The molecular weight excluding hydrogens is 294 g/mol. The van der Waals surface area contributed by atoms with Gasteiger partial charge >= 0.3 is 0 Å². The second-order valence-corrected chi connectivity index (χ2v) is 4.98. The average Bonchev–Trinajstić information content (AvgIpc) is 2.89. The average molecular weight is 310 g/mol. The van der Waals surface area contributed by atoms with Crippen LogP contribution < -0.4 is 10.1 Å². The Kier molecular flexibility index (Phi) is 4.44. The molecule has 96 valence electrons. The van der Waals surface area contributed by atoms with Crippen molar-refractivity contribution in [2.24, 2.45) is 0 Å². The lowest BCUT2D eigenvalue weighted by Gasteiger charge is -2.19. The highest BCUT2D eigenvalue weighted by Crippen LogP contribution is 2.30. The fourth-order valence-corrected chi connectivity index (χ4v) is 2.32. The Hall–Kier alpha value is -1.26. The number of nitrogens with one attached hydrogen (secondary N) is 1. The minimum atomic E-state index is 0.200. The molecule has 0 aliphatic rings. The Bertz CT molecular complexity index is 497. The molecule has 0 bridgehead atoms. The molecule has 2 aromatic rings. The van der Waals surface area contributed by atoms with E-state index in [0.29, 0.717) is 0 Å². The quantitative estimate of drug-likeness (QED) is 0.917. The minimum absolute atomic E-state index is 0.200. The molecule has 0 aliphatic heterocycles. The van der Waals surface area contributed by atoms with Gasteiger partial charge in [0, 0.05) is 16.1 Å². The van der Waals surface area contributed by atoms with Gasteiger partial charge in [-0.25, -0.2) is 0 Å². The zero-order valence-corrected chi connectivity index (χ0v) is 12.0. The SMILES string of the molecule is CNC(Cc1ccoc1)c1ccc(Br)cc1OC. The van der Waals surface area contributed by atoms with Crippen molar-refractivity contribution >= 4 is 15.9 Å². The Labute approximate surface area is 115 Å². The van der Waals surface area contributed by atoms with Crippen LogP contribution in [0.15, 0.2) is 45.7 Å². The third-order valence-electron chi connectivity index (χ3n) is 2.94. The molecule has 0 aliphatic carbocycles. The zero-order valence-electron chi connectivity index (χ0n) is 10.4. The first-order valence-corrected chi connectivity index (χ1v) is 6.55. The van der Waals surface area contributed by atoms with Gasteiger partial charge in [0.1, 0.15) is 5.75 Å². The van der Waals surface area contributed by atoms with Crippen LogP contribution in [0, 0.1) is 0 Å². The molecule has 4 heteroatoms. The van der Waals surface area contributed by atoms with Crippen LogP contribution in [0.2, 0.25) is 0 Å². The molecule has 1 N–H and O–H groups in total. The molecule has 1 unspecified atom stereocenters. The van der Waals surface area contributed by atoms with E-state index in [4.69, 9.17) is 9.15 Å². The molecule has 0 fully saturated rings. The van der Waals surface area contributed by atoms with Crippen LogP contribution in [0.4, 0.5) is 0 Å². The van der Waals surface area contributed by atoms with E-state index < -0.39 is 0 Å². The van der Waals surface area contributed by atoms with Gasteiger partial charge in [0.15, 0.2) is 0 Å². The first kappa shape index (κ1) is 13.2. The van der Waals surface area contributed by atoms with Gasteiger partial charge in [-0.2, -0.15) is 0 Å². The molecular formula is C14H16BrNO2. The summed E-state index contributed by atoms with van der Waals surface area (Å²) in [5, 5.41) is 3.31. The van der Waals surface area contributed by atoms with Gasteiger partial charge in [-0.15, -0.1) is 0 Å². The van der Waals surface area contributed by atoms with Crippen molar-refractivity contribution in [2.45, 2.75) is 12.5 Å². The van der Waals surface area contributed by atoms with Crippen molar-refractivity contribution < 1.29 is 9.15 Å². The van der Waals surface area contributed by atoms with E-state index >= 15 is 0 Å². The van der Waals surface area contributed by atoms with E-state index in [1.54, 1.807) is 19.6 Å². The van der Waals surface area contributed by atoms with E-state index in [1.165, 1.54) is 5.56 Å². The summed E-state index contributed by atoms with van der Waals surface area (Å²) in [6, 6.07) is 8.26. The molecule has 1 heterocycles. The summed E-state index contributed by atoms with van der Waals surface area (Å²) in [7, 11) is 3.64. The Morgan fingerprint density at radius 1 is 1.39 bits per heavy atom. The van der Waals surface area contributed by atoms with Crippen LogP contribution in [-0.4, -0.2) is 14.2 Å². The van der Waals surface area contributed by atoms with Gasteiger partial charge in [-0.3, -0.25) is 0 Å². The molecule has 1 aromatic heterocycles. The van der Waals surface area contributed by atoms with Crippen molar-refractivity contribution in [3.63, 3.8) is 0 Å². The normalized spacial score (nSPS) is 12.4. The molecule has 3 nitrogen and oxygen atoms in total. The molecule has 0 saturated carbocycles. The van der Waals surface area contributed by atoms with Crippen LogP contribution >= 0.6 is 15.9 Å². The Balaban J connectivity index is 2.26. The Morgan fingerprint density at radius 3 is 2.83 bits per heavy atom. The van der Waals surface area contributed by atoms with Crippen LogP contribution in [0.1, 0.15) is 17.2 Å². The molecule has 0 spiro atoms. The van der Waals surface area contributed by atoms with E-state index in [2.05, 4.69) is 27.3 Å². The molecule has 0 saturated heterocycles. The molecule has 0 radical (unpaired) electrons. The van der Waals surface area contributed by atoms with E-state index in [9.17, 15) is 0 Å². The molecule has 1 atom stereocenters. The highest BCUT2D eigenvalue weighted by molar-refractivity contribution is 9.10. The minimum Gasteiger partial charge on any atom is -0.496 e. The maximum Gasteiger partial charge on any atom is 0.124 e. The first-order valence-electron chi connectivity index (χ1n) is 5.76. The lowest BCUT2D eigenvalue weighted by atomic mass is 10.00. The maximum absolute atomic E-state index is 5.43. The van der Waals surface area contributed by atoms with Crippen molar-refractivity contribution in [3.05, 3.63) is 52.4 Å². The number of methoxy groups -OCH3 is 1. The molecule has 0 amide bonds. The van der Waals surface area contributed by atoms with Gasteiger partial charge in [0.05, 0.1) is 19.6 Å². The van der Waals surface area contributed by atoms with E-state index in [1.807, 2.05) is 25.2 Å². The lowest BCUT2D eigenvalue weighted by molar-refractivity contribution is 0.401. The second kappa shape index (κ2) is 6.07. The topological polar surface area (TPSA) is 34.4 Å². The summed E-state index contributed by atoms with van der Waals surface area (Å²) < 4.78 is 11.6. The highest BCUT2D eigenvalue weighted by atomic mass is 79.9. The van der Waals surface area contributed by atoms with Crippen molar-refractivity contribution in [1.29, 1.82) is 0 Å². The Morgan fingerprint density at radius 2 is 2.22 bits per heavy atom. The highest BCUT2D eigenvalue weighted by Gasteiger charge is 2.15. The van der Waals surface area contributed by atoms with E-state index in [0.717, 1.165) is 22.2 Å². The van der Waals surface area contributed by atoms with Crippen molar-refractivity contribution in [2.75, 3.05) is 14.2 Å². The number of furan rings is 1. The lowest BCUT2D eigenvalue weighted by Crippen LogP contribution is -2.19. The van der Waals surface area contributed by atoms with Crippen molar-refractivity contribution in [1.82, 2.24) is 5.32 Å². The standard InChI is InChI=1S/C14H16BrNO2/c1-16-13(7-10-5-6-18-9-10)12-4-3-11(15)8-14(12)17-2/h3-6,8-9,13,16H,7H2,1-2H3. The third-order valence-corrected chi connectivity index (χ3v) is 3.43. The van der Waals surface area contributed by atoms with Gasteiger partial charge in [-0.05, 0) is 37.2 Å². The number of ether oxygens (including phenoxy) is 1. The summed E-state index contributed by atoms with van der Waals surface area (Å²) in [5.41, 5.74) is 2.31. The second-order valence-electron chi connectivity index (χ2n) is 4.06. The number of hydrogen-bond donors (Lipinski definition) is 1. The predicted octanol–water partition coefficient (Wildman–Crippen LogP) is 3.55. The number of likely N-dealkylation sites (N-methyl/N-ethyl adjacent to an activating group) is 1. The summed E-state index contributed by atoms with van der Waals surface area (Å²) >= 11 is 3.45. The van der Waals surface area contributed by atoms with Crippen LogP contribution in [0.25, 0.3) is 0 Å². The number of rotatable bonds is 5. The summed E-state index contributed by atoms with van der Waals surface area (Å²) in [4.78, 5) is 0. The number of halogens is 1. The van der Waals surface area contributed by atoms with E-state index in [-0.39, 0.29) is 6.04 Å². The zero-order chi connectivity index (χ0) is 13.0. The van der Waals surface area contributed by atoms with Gasteiger partial charge in [-0.1, -0.05) is 22.0 Å². The van der Waals surface area contributed by atoms with Gasteiger partial charge < -0.3 is 14.5 Å². The largest absolute Gasteiger partial charge is 0.496 e. The monoisotopic (exact) mass is 309 g/mol. The smallest absolute Gasteiger partial charge is 0.124 e. The summed E-state index contributed by atoms with van der Waals surface area (Å²) in [6.45, 7) is 0. The molecule has 1 aromatic carbocycles. The van der Waals surface area contributed by atoms with Gasteiger partial charge in [0.2, 0.25) is 0 Å². The molecule has 2 rings (SSSR count). The van der Waals surface area contributed by atoms with Crippen LogP contribution in [-0.2, 0) is 6.42 Å². The number of benzene rings is 1. The van der Waals surface area contributed by atoms with Gasteiger partial charge in [0.25, 0.3) is 0 Å². The maximum atomic E-state index is 5.43. The fraction of sp³-hybridized carbons (Fsp3) is 0.286. The number of hydrogen-bond acceptors (Lipinski definition) is 3. The fourth-order valence-electron chi connectivity index (χ4n) is 1.98. The predicted molar refractivity (Wildman–Crippen MR) is 74.9 cm³/mol. The first-order chi connectivity index (χ1) is 8.74. The third kappa shape index (κ3) is 2.94. The van der Waals surface area contributed by atoms with Crippen LogP contribution in [0.3, 0.4) is 0 Å².